The maximum atomic E-state index is 12.4. The van der Waals surface area contributed by atoms with Crippen LogP contribution < -0.4 is 16.3 Å². The van der Waals surface area contributed by atoms with Crippen LogP contribution in [-0.2, 0) is 15.7 Å². The summed E-state index contributed by atoms with van der Waals surface area (Å²) < 4.78 is 12.1. The Labute approximate surface area is 165 Å². The Morgan fingerprint density at radius 3 is 2.29 bits per heavy atom. The maximum Gasteiger partial charge on any atom is 0.494 e. The van der Waals surface area contributed by atoms with Crippen molar-refractivity contribution < 1.29 is 14.1 Å². The normalized spacial score (nSPS) is 17.5. The summed E-state index contributed by atoms with van der Waals surface area (Å²) in [5.41, 5.74) is 2.18. The van der Waals surface area contributed by atoms with Gasteiger partial charge in [0, 0.05) is 23.9 Å². The zero-order valence-electron chi connectivity index (χ0n) is 17.1. The molecule has 28 heavy (non-hydrogen) atoms. The smallest absolute Gasteiger partial charge is 0.399 e. The van der Waals surface area contributed by atoms with E-state index in [1.54, 1.807) is 25.3 Å². The second-order valence-electron chi connectivity index (χ2n) is 8.17. The Kier molecular flexibility index (Phi) is 5.50. The van der Waals surface area contributed by atoms with Crippen molar-refractivity contribution >= 4 is 18.5 Å². The first kappa shape index (κ1) is 20.4. The molecule has 0 unspecified atom stereocenters. The van der Waals surface area contributed by atoms with Gasteiger partial charge in [0.05, 0.1) is 11.2 Å². The second-order valence-corrected chi connectivity index (χ2v) is 8.17. The molecule has 1 aliphatic heterocycles. The van der Waals surface area contributed by atoms with Crippen molar-refractivity contribution in [2.24, 2.45) is 0 Å². The minimum absolute atomic E-state index is 0.0953. The van der Waals surface area contributed by atoms with Gasteiger partial charge >= 0.3 is 7.12 Å². The van der Waals surface area contributed by atoms with E-state index in [9.17, 15) is 9.59 Å². The van der Waals surface area contributed by atoms with Gasteiger partial charge in [0.1, 0.15) is 0 Å². The number of hydrogen-bond acceptors (Lipinski definition) is 4. The molecule has 0 bridgehead atoms. The minimum Gasteiger partial charge on any atom is -0.399 e. The molecule has 1 fully saturated rings. The molecule has 148 valence electrons. The Hall–Kier alpha value is -2.38. The van der Waals surface area contributed by atoms with Crippen LogP contribution in [0, 0.1) is 6.92 Å². The SMILES string of the molecule is Cc1c(CCNC(=O)c2ccc(B3OC(C)(C)C(C)(C)O3)cc2)cc[nH]c1=O. The largest absolute Gasteiger partial charge is 0.494 e. The average Bonchev–Trinajstić information content (AvgIpc) is 2.86. The van der Waals surface area contributed by atoms with Gasteiger partial charge < -0.3 is 19.6 Å². The molecule has 2 N–H and O–H groups in total. The molecule has 0 spiro atoms. The van der Waals surface area contributed by atoms with Gasteiger partial charge in [-0.15, -0.1) is 0 Å². The number of aromatic amines is 1. The maximum absolute atomic E-state index is 12.4. The van der Waals surface area contributed by atoms with E-state index < -0.39 is 18.3 Å². The molecular weight excluding hydrogens is 355 g/mol. The standard InChI is InChI=1S/C21H27BN2O4/c1-14-15(10-12-23-18(14)25)11-13-24-19(26)16-6-8-17(9-7-16)22-27-20(2,3)21(4,5)28-22/h6-10,12H,11,13H2,1-5H3,(H,23,25)(H,24,26). The lowest BCUT2D eigenvalue weighted by atomic mass is 9.79. The van der Waals surface area contributed by atoms with Crippen molar-refractivity contribution in [3.05, 3.63) is 63.6 Å². The molecule has 3 rings (SSSR count). The third-order valence-corrected chi connectivity index (χ3v) is 5.70. The summed E-state index contributed by atoms with van der Waals surface area (Å²) in [4.78, 5) is 26.6. The lowest BCUT2D eigenvalue weighted by Crippen LogP contribution is -2.41. The first-order valence-electron chi connectivity index (χ1n) is 9.52. The van der Waals surface area contributed by atoms with Crippen LogP contribution in [0.3, 0.4) is 0 Å². The second kappa shape index (κ2) is 7.56. The van der Waals surface area contributed by atoms with Gasteiger partial charge in [-0.2, -0.15) is 0 Å². The molecule has 0 radical (unpaired) electrons. The van der Waals surface area contributed by atoms with Crippen LogP contribution in [-0.4, -0.2) is 35.8 Å². The molecule has 6 nitrogen and oxygen atoms in total. The van der Waals surface area contributed by atoms with Crippen LogP contribution in [0.4, 0.5) is 0 Å². The number of pyridine rings is 1. The molecule has 1 saturated heterocycles. The monoisotopic (exact) mass is 382 g/mol. The van der Waals surface area contributed by atoms with E-state index in [1.165, 1.54) is 0 Å². The van der Waals surface area contributed by atoms with Gasteiger partial charge in [-0.3, -0.25) is 9.59 Å². The molecule has 1 amide bonds. The number of carbonyl (C=O) groups is 1. The fraction of sp³-hybridized carbons (Fsp3) is 0.429. The van der Waals surface area contributed by atoms with Crippen molar-refractivity contribution in [2.45, 2.75) is 52.2 Å². The summed E-state index contributed by atoms with van der Waals surface area (Å²) in [5, 5.41) is 2.90. The Bertz CT molecular complexity index is 903. The predicted octanol–water partition coefficient (Wildman–Crippen LogP) is 1.96. The third-order valence-electron chi connectivity index (χ3n) is 5.70. The van der Waals surface area contributed by atoms with Crippen LogP contribution >= 0.6 is 0 Å². The Morgan fingerprint density at radius 2 is 1.68 bits per heavy atom. The van der Waals surface area contributed by atoms with Gasteiger partial charge in [-0.05, 0) is 70.3 Å². The summed E-state index contributed by atoms with van der Waals surface area (Å²) in [6, 6.07) is 9.13. The van der Waals surface area contributed by atoms with Crippen LogP contribution in [0.15, 0.2) is 41.3 Å². The van der Waals surface area contributed by atoms with E-state index in [-0.39, 0.29) is 11.5 Å². The van der Waals surface area contributed by atoms with Crippen LogP contribution in [0.1, 0.15) is 49.2 Å². The Balaban J connectivity index is 1.58. The third kappa shape index (κ3) is 4.05. The topological polar surface area (TPSA) is 80.4 Å². The summed E-state index contributed by atoms with van der Waals surface area (Å²) in [5.74, 6) is -0.150. The summed E-state index contributed by atoms with van der Waals surface area (Å²) in [6.07, 6.45) is 2.23. The van der Waals surface area contributed by atoms with E-state index >= 15 is 0 Å². The van der Waals surface area contributed by atoms with Gasteiger partial charge in [-0.25, -0.2) is 0 Å². The number of rotatable bonds is 5. The number of carbonyl (C=O) groups excluding carboxylic acids is 1. The van der Waals surface area contributed by atoms with E-state index in [2.05, 4.69) is 10.3 Å². The summed E-state index contributed by atoms with van der Waals surface area (Å²) >= 11 is 0. The first-order chi connectivity index (χ1) is 13.1. The minimum atomic E-state index is -0.443. The van der Waals surface area contributed by atoms with Crippen molar-refractivity contribution in [3.8, 4) is 0 Å². The van der Waals surface area contributed by atoms with E-state index in [1.807, 2.05) is 45.9 Å². The highest BCUT2D eigenvalue weighted by molar-refractivity contribution is 6.62. The van der Waals surface area contributed by atoms with Crippen LogP contribution in [0.5, 0.6) is 0 Å². The number of H-pyrrole nitrogens is 1. The average molecular weight is 382 g/mol. The van der Waals surface area contributed by atoms with Crippen LogP contribution in [0.25, 0.3) is 0 Å². The number of amides is 1. The van der Waals surface area contributed by atoms with Crippen molar-refractivity contribution in [2.75, 3.05) is 6.54 Å². The van der Waals surface area contributed by atoms with Gasteiger partial charge in [0.25, 0.3) is 11.5 Å². The Morgan fingerprint density at radius 1 is 1.07 bits per heavy atom. The number of hydrogen-bond donors (Lipinski definition) is 2. The zero-order chi connectivity index (χ0) is 20.5. The van der Waals surface area contributed by atoms with E-state index in [4.69, 9.17) is 9.31 Å². The lowest BCUT2D eigenvalue weighted by Gasteiger charge is -2.32. The fourth-order valence-electron chi connectivity index (χ4n) is 3.05. The quantitative estimate of drug-likeness (QED) is 0.775. The highest BCUT2D eigenvalue weighted by Crippen LogP contribution is 2.36. The number of aromatic nitrogens is 1. The lowest BCUT2D eigenvalue weighted by molar-refractivity contribution is 0.00578. The van der Waals surface area contributed by atoms with E-state index in [0.717, 1.165) is 11.0 Å². The summed E-state index contributed by atoms with van der Waals surface area (Å²) in [6.45, 7) is 10.3. The summed E-state index contributed by atoms with van der Waals surface area (Å²) in [7, 11) is -0.443. The predicted molar refractivity (Wildman–Crippen MR) is 110 cm³/mol. The van der Waals surface area contributed by atoms with Crippen molar-refractivity contribution in [3.63, 3.8) is 0 Å². The highest BCUT2D eigenvalue weighted by Gasteiger charge is 2.51. The number of nitrogens with one attached hydrogen (secondary N) is 2. The van der Waals surface area contributed by atoms with Crippen molar-refractivity contribution in [1.29, 1.82) is 0 Å². The van der Waals surface area contributed by atoms with Gasteiger partial charge in [0.15, 0.2) is 0 Å². The molecular formula is C21H27BN2O4. The molecule has 0 aliphatic carbocycles. The molecule has 1 aliphatic rings. The van der Waals surface area contributed by atoms with Gasteiger partial charge in [-0.1, -0.05) is 12.1 Å². The molecule has 1 aromatic carbocycles. The van der Waals surface area contributed by atoms with E-state index in [0.29, 0.717) is 24.1 Å². The first-order valence-corrected chi connectivity index (χ1v) is 9.52. The highest BCUT2D eigenvalue weighted by atomic mass is 16.7. The molecule has 7 heteroatoms. The van der Waals surface area contributed by atoms with Crippen molar-refractivity contribution in [1.82, 2.24) is 10.3 Å². The molecule has 1 aromatic heterocycles. The molecule has 0 saturated carbocycles. The zero-order valence-corrected chi connectivity index (χ0v) is 17.1. The number of benzene rings is 1. The molecule has 2 aromatic rings. The van der Waals surface area contributed by atoms with Gasteiger partial charge in [0.2, 0.25) is 0 Å². The fourth-order valence-corrected chi connectivity index (χ4v) is 3.05. The van der Waals surface area contributed by atoms with Crippen LogP contribution in [0.2, 0.25) is 0 Å². The molecule has 2 heterocycles. The molecule has 0 atom stereocenters.